The number of hydrogen-bond donors (Lipinski definition) is 0. The molecule has 10 aromatic rings. The summed E-state index contributed by atoms with van der Waals surface area (Å²) in [4.78, 5) is 4.87. The van der Waals surface area contributed by atoms with E-state index < -0.39 is 9.84 Å². The first-order chi connectivity index (χ1) is 24.6. The number of sulfone groups is 1. The lowest BCUT2D eigenvalue weighted by atomic mass is 9.85. The van der Waals surface area contributed by atoms with Gasteiger partial charge in [0, 0.05) is 39.9 Å². The summed E-state index contributed by atoms with van der Waals surface area (Å²) in [6.45, 7) is 0. The third-order valence-electron chi connectivity index (χ3n) is 9.92. The molecule has 10 rings (SSSR count). The van der Waals surface area contributed by atoms with Gasteiger partial charge in [-0.3, -0.25) is 4.98 Å². The van der Waals surface area contributed by atoms with Crippen molar-refractivity contribution in [1.82, 2.24) is 4.98 Å². The van der Waals surface area contributed by atoms with Crippen molar-refractivity contribution in [3.8, 4) is 22.3 Å². The molecule has 2 heterocycles. The zero-order valence-electron chi connectivity index (χ0n) is 26.7. The average Bonchev–Trinajstić information content (AvgIpc) is 3.58. The Labute approximate surface area is 287 Å². The number of fused-ring (bicyclic) bond motifs is 9. The van der Waals surface area contributed by atoms with Gasteiger partial charge in [-0.2, -0.15) is 0 Å². The van der Waals surface area contributed by atoms with Crippen LogP contribution in [0.2, 0.25) is 0 Å². The van der Waals surface area contributed by atoms with Crippen LogP contribution in [-0.4, -0.2) is 13.4 Å². The Kier molecular flexibility index (Phi) is 6.23. The van der Waals surface area contributed by atoms with Crippen LogP contribution in [0, 0.1) is 0 Å². The Morgan fingerprint density at radius 1 is 0.460 bits per heavy atom. The van der Waals surface area contributed by atoms with Crippen LogP contribution in [0.3, 0.4) is 0 Å². The summed E-state index contributed by atoms with van der Waals surface area (Å²) in [6, 6.07) is 50.4. The van der Waals surface area contributed by atoms with Crippen LogP contribution >= 0.6 is 0 Å². The lowest BCUT2D eigenvalue weighted by Crippen LogP contribution is -2.03. The lowest BCUT2D eigenvalue weighted by Gasteiger charge is -2.18. The van der Waals surface area contributed by atoms with Crippen LogP contribution in [0.4, 0.5) is 0 Å². The van der Waals surface area contributed by atoms with Crippen LogP contribution in [0.15, 0.2) is 178 Å². The van der Waals surface area contributed by atoms with Gasteiger partial charge in [-0.1, -0.05) is 121 Å². The molecule has 0 atom stereocenters. The molecule has 0 aliphatic rings. The van der Waals surface area contributed by atoms with Gasteiger partial charge in [-0.25, -0.2) is 8.42 Å². The highest BCUT2D eigenvalue weighted by Gasteiger charge is 2.24. The molecule has 5 heteroatoms. The van der Waals surface area contributed by atoms with Gasteiger partial charge in [-0.05, 0) is 79.0 Å². The maximum absolute atomic E-state index is 13.7. The van der Waals surface area contributed by atoms with E-state index >= 15 is 0 Å². The predicted octanol–water partition coefficient (Wildman–Crippen LogP) is 11.8. The summed E-state index contributed by atoms with van der Waals surface area (Å²) in [6.07, 6.45) is 3.19. The van der Waals surface area contributed by atoms with E-state index in [1.165, 1.54) is 11.6 Å². The molecule has 0 spiro atoms. The largest absolute Gasteiger partial charge is 0.455 e. The Bertz CT molecular complexity index is 3050. The van der Waals surface area contributed by atoms with Crippen molar-refractivity contribution in [2.45, 2.75) is 9.79 Å². The van der Waals surface area contributed by atoms with E-state index in [4.69, 9.17) is 4.42 Å². The summed E-state index contributed by atoms with van der Waals surface area (Å²) in [5.74, 6) is 0. The lowest BCUT2D eigenvalue weighted by molar-refractivity contribution is 0.595. The SMILES string of the molecule is O=S(=O)(c1ccccc1)c1cncc(-c2c3ccccc3c(-c3cc4ccccc4c4c3oc3ccc5ccccc5c34)c3ccccc23)c1. The Hall–Kier alpha value is -6.30. The van der Waals surface area contributed by atoms with E-state index in [1.54, 1.807) is 36.5 Å². The van der Waals surface area contributed by atoms with E-state index in [1.807, 2.05) is 18.2 Å². The van der Waals surface area contributed by atoms with E-state index in [2.05, 4.69) is 108 Å². The van der Waals surface area contributed by atoms with E-state index in [-0.39, 0.29) is 9.79 Å². The van der Waals surface area contributed by atoms with E-state index in [0.29, 0.717) is 0 Å². The normalized spacial score (nSPS) is 12.2. The van der Waals surface area contributed by atoms with Crippen LogP contribution in [0.5, 0.6) is 0 Å². The van der Waals surface area contributed by atoms with Crippen molar-refractivity contribution in [3.63, 3.8) is 0 Å². The van der Waals surface area contributed by atoms with Crippen LogP contribution in [0.1, 0.15) is 0 Å². The van der Waals surface area contributed by atoms with Gasteiger partial charge in [-0.15, -0.1) is 0 Å². The number of aromatic nitrogens is 1. The summed E-state index contributed by atoms with van der Waals surface area (Å²) in [7, 11) is -3.78. The first kappa shape index (κ1) is 28.7. The summed E-state index contributed by atoms with van der Waals surface area (Å²) >= 11 is 0. The summed E-state index contributed by atoms with van der Waals surface area (Å²) < 4.78 is 34.3. The molecule has 0 bridgehead atoms. The maximum atomic E-state index is 13.7. The van der Waals surface area contributed by atoms with Gasteiger partial charge in [0.05, 0.1) is 9.79 Å². The number of pyridine rings is 1. The van der Waals surface area contributed by atoms with Crippen LogP contribution < -0.4 is 0 Å². The number of furan rings is 1. The molecule has 2 aromatic heterocycles. The minimum atomic E-state index is -3.78. The molecule has 236 valence electrons. The quantitative estimate of drug-likeness (QED) is 0.176. The fourth-order valence-electron chi connectivity index (χ4n) is 7.74. The summed E-state index contributed by atoms with van der Waals surface area (Å²) in [5.41, 5.74) is 5.45. The second-order valence-corrected chi connectivity index (χ2v) is 14.6. The molecule has 0 saturated carbocycles. The first-order valence-corrected chi connectivity index (χ1v) is 18.0. The number of rotatable bonds is 4. The number of nitrogens with zero attached hydrogens (tertiary/aromatic N) is 1. The number of hydrogen-bond acceptors (Lipinski definition) is 4. The van der Waals surface area contributed by atoms with Crippen molar-refractivity contribution in [2.75, 3.05) is 0 Å². The minimum Gasteiger partial charge on any atom is -0.455 e. The van der Waals surface area contributed by atoms with E-state index in [0.717, 1.165) is 81.9 Å². The summed E-state index contributed by atoms with van der Waals surface area (Å²) in [5, 5.41) is 10.9. The molecule has 0 fully saturated rings. The molecular weight excluding hydrogens is 635 g/mol. The third kappa shape index (κ3) is 4.17. The highest BCUT2D eigenvalue weighted by molar-refractivity contribution is 7.91. The molecule has 8 aromatic carbocycles. The molecule has 0 unspecified atom stereocenters. The van der Waals surface area contributed by atoms with Gasteiger partial charge in [0.15, 0.2) is 0 Å². The standard InChI is InChI=1S/C45H27NO3S/c47-50(48,31-14-2-1-3-15-31)32-24-30(26-46-27-32)41-35-18-8-10-20-37(35)42(38-21-11-9-19-36(38)41)39-25-29-13-5-7-17-34(29)44-43-33-16-6-4-12-28(33)22-23-40(43)49-45(39)44/h1-27H. The Morgan fingerprint density at radius 2 is 1.02 bits per heavy atom. The molecule has 0 radical (unpaired) electrons. The molecule has 50 heavy (non-hydrogen) atoms. The highest BCUT2D eigenvalue weighted by atomic mass is 32.2. The van der Waals surface area contributed by atoms with Crippen molar-refractivity contribution in [2.24, 2.45) is 0 Å². The van der Waals surface area contributed by atoms with E-state index in [9.17, 15) is 8.42 Å². The van der Waals surface area contributed by atoms with Crippen molar-refractivity contribution in [3.05, 3.63) is 164 Å². The Morgan fingerprint density at radius 3 is 1.70 bits per heavy atom. The minimum absolute atomic E-state index is 0.157. The molecule has 0 aliphatic carbocycles. The second kappa shape index (κ2) is 10.9. The molecule has 0 aliphatic heterocycles. The number of benzene rings is 8. The predicted molar refractivity (Wildman–Crippen MR) is 204 cm³/mol. The zero-order chi connectivity index (χ0) is 33.4. The second-order valence-electron chi connectivity index (χ2n) is 12.7. The molecular formula is C45H27NO3S. The van der Waals surface area contributed by atoms with Gasteiger partial charge in [0.2, 0.25) is 9.84 Å². The zero-order valence-corrected chi connectivity index (χ0v) is 27.5. The fraction of sp³-hybridized carbons (Fsp3) is 0. The average molecular weight is 662 g/mol. The monoisotopic (exact) mass is 661 g/mol. The topological polar surface area (TPSA) is 60.2 Å². The molecule has 0 amide bonds. The fourth-order valence-corrected chi connectivity index (χ4v) is 9.01. The molecule has 0 saturated heterocycles. The van der Waals surface area contributed by atoms with Crippen molar-refractivity contribution >= 4 is 74.9 Å². The molecule has 0 N–H and O–H groups in total. The maximum Gasteiger partial charge on any atom is 0.208 e. The Balaban J connectivity index is 1.32. The van der Waals surface area contributed by atoms with Gasteiger partial charge < -0.3 is 4.42 Å². The van der Waals surface area contributed by atoms with Gasteiger partial charge in [0.25, 0.3) is 0 Å². The highest BCUT2D eigenvalue weighted by Crippen LogP contribution is 2.49. The van der Waals surface area contributed by atoms with Gasteiger partial charge >= 0.3 is 0 Å². The van der Waals surface area contributed by atoms with Crippen molar-refractivity contribution in [1.29, 1.82) is 0 Å². The first-order valence-electron chi connectivity index (χ1n) is 16.5. The smallest absolute Gasteiger partial charge is 0.208 e. The van der Waals surface area contributed by atoms with Crippen LogP contribution in [-0.2, 0) is 9.84 Å². The van der Waals surface area contributed by atoms with Gasteiger partial charge in [0.1, 0.15) is 11.2 Å². The van der Waals surface area contributed by atoms with Crippen LogP contribution in [0.25, 0.3) is 87.3 Å². The van der Waals surface area contributed by atoms with Crippen molar-refractivity contribution < 1.29 is 12.8 Å². The molecule has 4 nitrogen and oxygen atoms in total. The third-order valence-corrected chi connectivity index (χ3v) is 11.7.